The van der Waals surface area contributed by atoms with Crippen molar-refractivity contribution in [1.82, 2.24) is 24.9 Å². The Hall–Kier alpha value is -1.62. The molecule has 0 aromatic carbocycles. The van der Waals surface area contributed by atoms with Gasteiger partial charge in [0.05, 0.1) is 11.9 Å². The van der Waals surface area contributed by atoms with E-state index in [9.17, 15) is 0 Å². The Morgan fingerprint density at radius 3 is 2.78 bits per heavy atom. The number of hydrogen-bond donors (Lipinski definition) is 1. The SMILES string of the molecule is CCCn1nccc1CNCc1cnn(C)c1C. The Labute approximate surface area is 108 Å². The number of hydrogen-bond acceptors (Lipinski definition) is 3. The Balaban J connectivity index is 1.88. The second kappa shape index (κ2) is 5.82. The Bertz CT molecular complexity index is 497. The van der Waals surface area contributed by atoms with E-state index >= 15 is 0 Å². The topological polar surface area (TPSA) is 47.7 Å². The molecule has 2 aromatic heterocycles. The zero-order valence-electron chi connectivity index (χ0n) is 11.3. The van der Waals surface area contributed by atoms with E-state index in [2.05, 4.69) is 40.1 Å². The lowest BCUT2D eigenvalue weighted by molar-refractivity contribution is 0.549. The molecule has 0 aliphatic heterocycles. The van der Waals surface area contributed by atoms with Gasteiger partial charge in [-0.05, 0) is 19.4 Å². The van der Waals surface area contributed by atoms with Crippen LogP contribution < -0.4 is 5.32 Å². The predicted octanol–water partition coefficient (Wildman–Crippen LogP) is 1.62. The van der Waals surface area contributed by atoms with E-state index in [0.717, 1.165) is 26.1 Å². The second-order valence-electron chi connectivity index (χ2n) is 4.53. The summed E-state index contributed by atoms with van der Waals surface area (Å²) >= 11 is 0. The number of nitrogens with zero attached hydrogens (tertiary/aromatic N) is 4. The van der Waals surface area contributed by atoms with Crippen LogP contribution in [-0.2, 0) is 26.7 Å². The Morgan fingerprint density at radius 1 is 1.28 bits per heavy atom. The van der Waals surface area contributed by atoms with Crippen molar-refractivity contribution in [3.63, 3.8) is 0 Å². The summed E-state index contributed by atoms with van der Waals surface area (Å²) in [6.07, 6.45) is 4.89. The van der Waals surface area contributed by atoms with Crippen molar-refractivity contribution in [1.29, 1.82) is 0 Å². The van der Waals surface area contributed by atoms with Gasteiger partial charge in [-0.3, -0.25) is 9.36 Å². The van der Waals surface area contributed by atoms with Crippen LogP contribution in [0.15, 0.2) is 18.5 Å². The second-order valence-corrected chi connectivity index (χ2v) is 4.53. The average Bonchev–Trinajstić information content (AvgIpc) is 2.92. The summed E-state index contributed by atoms with van der Waals surface area (Å²) in [6.45, 7) is 6.92. The third kappa shape index (κ3) is 2.79. The van der Waals surface area contributed by atoms with Gasteiger partial charge in [0.2, 0.25) is 0 Å². The van der Waals surface area contributed by atoms with Gasteiger partial charge in [-0.1, -0.05) is 6.92 Å². The van der Waals surface area contributed by atoms with Crippen molar-refractivity contribution in [2.75, 3.05) is 0 Å². The summed E-state index contributed by atoms with van der Waals surface area (Å²) in [5.41, 5.74) is 3.70. The molecule has 0 saturated heterocycles. The highest BCUT2D eigenvalue weighted by Crippen LogP contribution is 2.06. The van der Waals surface area contributed by atoms with Gasteiger partial charge < -0.3 is 5.32 Å². The third-order valence-electron chi connectivity index (χ3n) is 3.20. The van der Waals surface area contributed by atoms with E-state index < -0.39 is 0 Å². The maximum atomic E-state index is 4.31. The van der Waals surface area contributed by atoms with E-state index in [4.69, 9.17) is 0 Å². The van der Waals surface area contributed by atoms with Gasteiger partial charge in [0.25, 0.3) is 0 Å². The van der Waals surface area contributed by atoms with Gasteiger partial charge in [-0.15, -0.1) is 0 Å². The summed E-state index contributed by atoms with van der Waals surface area (Å²) in [6, 6.07) is 2.07. The molecule has 0 aliphatic rings. The van der Waals surface area contributed by atoms with Crippen molar-refractivity contribution < 1.29 is 0 Å². The smallest absolute Gasteiger partial charge is 0.0537 e. The first-order valence-corrected chi connectivity index (χ1v) is 6.41. The van der Waals surface area contributed by atoms with Crippen LogP contribution in [0.1, 0.15) is 30.3 Å². The molecular weight excluding hydrogens is 226 g/mol. The van der Waals surface area contributed by atoms with Crippen LogP contribution in [0, 0.1) is 6.92 Å². The van der Waals surface area contributed by atoms with Crippen LogP contribution in [0.3, 0.4) is 0 Å². The summed E-state index contributed by atoms with van der Waals surface area (Å²) in [4.78, 5) is 0. The van der Waals surface area contributed by atoms with Crippen molar-refractivity contribution in [2.24, 2.45) is 7.05 Å². The van der Waals surface area contributed by atoms with Crippen molar-refractivity contribution >= 4 is 0 Å². The normalized spacial score (nSPS) is 11.1. The first kappa shape index (κ1) is 12.8. The Kier molecular flexibility index (Phi) is 4.15. The molecule has 0 bridgehead atoms. The molecule has 18 heavy (non-hydrogen) atoms. The molecule has 5 heteroatoms. The van der Waals surface area contributed by atoms with E-state index in [0.29, 0.717) is 0 Å². The molecule has 0 amide bonds. The van der Waals surface area contributed by atoms with E-state index in [1.807, 2.05) is 24.1 Å². The zero-order chi connectivity index (χ0) is 13.0. The molecule has 0 saturated carbocycles. The lowest BCUT2D eigenvalue weighted by atomic mass is 10.2. The number of nitrogens with one attached hydrogen (secondary N) is 1. The summed E-state index contributed by atoms with van der Waals surface area (Å²) in [5, 5.41) is 12.0. The lowest BCUT2D eigenvalue weighted by Crippen LogP contribution is -2.16. The largest absolute Gasteiger partial charge is 0.307 e. The average molecular weight is 247 g/mol. The molecule has 0 fully saturated rings. The number of aryl methyl sites for hydroxylation is 2. The molecule has 2 heterocycles. The summed E-state index contributed by atoms with van der Waals surface area (Å²) in [5.74, 6) is 0. The van der Waals surface area contributed by atoms with Gasteiger partial charge in [0.15, 0.2) is 0 Å². The lowest BCUT2D eigenvalue weighted by Gasteiger charge is -2.07. The minimum Gasteiger partial charge on any atom is -0.307 e. The van der Waals surface area contributed by atoms with Gasteiger partial charge in [-0.2, -0.15) is 10.2 Å². The van der Waals surface area contributed by atoms with Gasteiger partial charge in [0, 0.05) is 44.1 Å². The molecule has 0 aliphatic carbocycles. The zero-order valence-corrected chi connectivity index (χ0v) is 11.3. The number of aromatic nitrogens is 4. The van der Waals surface area contributed by atoms with Crippen molar-refractivity contribution in [2.45, 2.75) is 39.9 Å². The molecule has 0 radical (unpaired) electrons. The van der Waals surface area contributed by atoms with Crippen LogP contribution in [0.5, 0.6) is 0 Å². The molecule has 5 nitrogen and oxygen atoms in total. The molecule has 0 spiro atoms. The van der Waals surface area contributed by atoms with Crippen LogP contribution in [0.2, 0.25) is 0 Å². The fourth-order valence-corrected chi connectivity index (χ4v) is 1.97. The predicted molar refractivity (Wildman–Crippen MR) is 71.0 cm³/mol. The molecule has 2 aromatic rings. The van der Waals surface area contributed by atoms with Gasteiger partial charge >= 0.3 is 0 Å². The number of rotatable bonds is 6. The summed E-state index contributed by atoms with van der Waals surface area (Å²) < 4.78 is 3.96. The van der Waals surface area contributed by atoms with Gasteiger partial charge in [-0.25, -0.2) is 0 Å². The highest BCUT2D eigenvalue weighted by atomic mass is 15.3. The van der Waals surface area contributed by atoms with Gasteiger partial charge in [0.1, 0.15) is 0 Å². The van der Waals surface area contributed by atoms with Crippen LogP contribution in [0.4, 0.5) is 0 Å². The standard InChI is InChI=1S/C13H21N5/c1-4-7-18-13(5-6-15-18)10-14-8-12-9-16-17(3)11(12)2/h5-6,9,14H,4,7-8,10H2,1-3H3. The third-order valence-corrected chi connectivity index (χ3v) is 3.20. The fraction of sp³-hybridized carbons (Fsp3) is 0.538. The maximum absolute atomic E-state index is 4.31. The monoisotopic (exact) mass is 247 g/mol. The highest BCUT2D eigenvalue weighted by molar-refractivity contribution is 5.15. The fourth-order valence-electron chi connectivity index (χ4n) is 1.97. The molecule has 98 valence electrons. The molecule has 0 atom stereocenters. The molecular formula is C13H21N5. The minimum absolute atomic E-state index is 0.842. The van der Waals surface area contributed by atoms with Crippen molar-refractivity contribution in [3.05, 3.63) is 35.4 Å². The minimum atomic E-state index is 0.842. The van der Waals surface area contributed by atoms with Crippen LogP contribution >= 0.6 is 0 Å². The first-order valence-electron chi connectivity index (χ1n) is 6.41. The maximum Gasteiger partial charge on any atom is 0.0537 e. The quantitative estimate of drug-likeness (QED) is 0.844. The molecule has 0 unspecified atom stereocenters. The molecule has 2 rings (SSSR count). The van der Waals surface area contributed by atoms with E-state index in [1.165, 1.54) is 17.0 Å². The van der Waals surface area contributed by atoms with E-state index in [1.54, 1.807) is 0 Å². The molecule has 1 N–H and O–H groups in total. The van der Waals surface area contributed by atoms with Crippen LogP contribution in [0.25, 0.3) is 0 Å². The summed E-state index contributed by atoms with van der Waals surface area (Å²) in [7, 11) is 1.97. The Morgan fingerprint density at radius 2 is 2.11 bits per heavy atom. The van der Waals surface area contributed by atoms with Crippen molar-refractivity contribution in [3.8, 4) is 0 Å². The first-order chi connectivity index (χ1) is 8.72. The van der Waals surface area contributed by atoms with E-state index in [-0.39, 0.29) is 0 Å². The van der Waals surface area contributed by atoms with Crippen LogP contribution in [-0.4, -0.2) is 19.6 Å². The highest BCUT2D eigenvalue weighted by Gasteiger charge is 2.04.